The van der Waals surface area contributed by atoms with Gasteiger partial charge < -0.3 is 10.6 Å². The molecule has 8 heteroatoms. The van der Waals surface area contributed by atoms with Crippen molar-refractivity contribution in [3.05, 3.63) is 18.2 Å². The summed E-state index contributed by atoms with van der Waals surface area (Å²) in [7, 11) is 0. The number of halogens is 1. The molecule has 1 aliphatic heterocycles. The van der Waals surface area contributed by atoms with Crippen LogP contribution in [-0.2, 0) is 11.2 Å². The summed E-state index contributed by atoms with van der Waals surface area (Å²) in [6.45, 7) is 2.26. The van der Waals surface area contributed by atoms with Crippen molar-refractivity contribution in [3.63, 3.8) is 0 Å². The highest BCUT2D eigenvalue weighted by Gasteiger charge is 2.44. The van der Waals surface area contributed by atoms with Crippen molar-refractivity contribution in [3.8, 4) is 0 Å². The van der Waals surface area contributed by atoms with Crippen molar-refractivity contribution in [2.24, 2.45) is 5.73 Å². The van der Waals surface area contributed by atoms with Crippen LogP contribution >= 0.6 is 0 Å². The maximum atomic E-state index is 14.3. The maximum absolute atomic E-state index is 14.3. The Morgan fingerprint density at radius 1 is 1.55 bits per heavy atom. The number of amides is 1. The molecule has 0 saturated carbocycles. The van der Waals surface area contributed by atoms with Gasteiger partial charge in [0.1, 0.15) is 5.82 Å². The molecule has 106 valence electrons. The van der Waals surface area contributed by atoms with E-state index in [1.807, 2.05) is 11.3 Å². The number of carbonyl (C=O) groups excluding carboxylic acids is 1. The molecular weight excluding hydrogens is 263 g/mol. The summed E-state index contributed by atoms with van der Waals surface area (Å²) in [6.07, 6.45) is 4.19. The van der Waals surface area contributed by atoms with E-state index in [0.717, 1.165) is 12.2 Å². The third-order valence-corrected chi connectivity index (χ3v) is 3.66. The molecule has 3 heterocycles. The lowest BCUT2D eigenvalue weighted by atomic mass is 10.1. The zero-order chi connectivity index (χ0) is 14.3. The van der Waals surface area contributed by atoms with Gasteiger partial charge in [-0.2, -0.15) is 0 Å². The van der Waals surface area contributed by atoms with E-state index >= 15 is 0 Å². The fraction of sp³-hybridized carbons (Fsp3) is 0.500. The van der Waals surface area contributed by atoms with Gasteiger partial charge >= 0.3 is 0 Å². The molecule has 7 nitrogen and oxygen atoms in total. The number of fused-ring (bicyclic) bond motifs is 1. The molecule has 0 bridgehead atoms. The minimum absolute atomic E-state index is 0.0693. The molecular formula is C12H15FN6O. The van der Waals surface area contributed by atoms with Gasteiger partial charge in [-0.3, -0.25) is 9.20 Å². The second kappa shape index (κ2) is 4.39. The third kappa shape index (κ3) is 1.79. The minimum atomic E-state index is -2.00. The van der Waals surface area contributed by atoms with E-state index in [2.05, 4.69) is 15.2 Å². The first-order valence-electron chi connectivity index (χ1n) is 6.47. The Kier molecular flexibility index (Phi) is 2.81. The Bertz CT molecular complexity index is 671. The van der Waals surface area contributed by atoms with Gasteiger partial charge in [-0.05, 0) is 0 Å². The van der Waals surface area contributed by atoms with Crippen LogP contribution in [0.4, 0.5) is 10.2 Å². The fourth-order valence-electron chi connectivity index (χ4n) is 2.48. The zero-order valence-electron chi connectivity index (χ0n) is 11.1. The van der Waals surface area contributed by atoms with Gasteiger partial charge in [-0.15, -0.1) is 10.2 Å². The van der Waals surface area contributed by atoms with E-state index in [-0.39, 0.29) is 13.0 Å². The number of hydrogen-bond donors (Lipinski definition) is 1. The number of carbonyl (C=O) groups is 1. The zero-order valence-corrected chi connectivity index (χ0v) is 11.1. The molecule has 0 aliphatic carbocycles. The molecule has 1 fully saturated rings. The van der Waals surface area contributed by atoms with Gasteiger partial charge in [-0.25, -0.2) is 9.37 Å². The molecule has 2 aromatic rings. The summed E-state index contributed by atoms with van der Waals surface area (Å²) in [5.41, 5.74) is 3.69. The molecule has 0 spiro atoms. The van der Waals surface area contributed by atoms with Crippen LogP contribution in [-0.4, -0.2) is 44.2 Å². The molecule has 0 radical (unpaired) electrons. The first-order chi connectivity index (χ1) is 9.55. The lowest BCUT2D eigenvalue weighted by Crippen LogP contribution is -2.42. The van der Waals surface area contributed by atoms with Gasteiger partial charge in [0.25, 0.3) is 5.91 Å². The van der Waals surface area contributed by atoms with Gasteiger partial charge in [0, 0.05) is 31.8 Å². The highest BCUT2D eigenvalue weighted by Crippen LogP contribution is 2.30. The predicted molar refractivity (Wildman–Crippen MR) is 70.0 cm³/mol. The topological polar surface area (TPSA) is 89.4 Å². The number of aromatic nitrogens is 4. The normalized spacial score (nSPS) is 22.6. The quantitative estimate of drug-likeness (QED) is 0.859. The summed E-state index contributed by atoms with van der Waals surface area (Å²) < 4.78 is 16.1. The van der Waals surface area contributed by atoms with Crippen LogP contribution in [0.2, 0.25) is 0 Å². The second-order valence-electron chi connectivity index (χ2n) is 4.92. The molecule has 1 atom stereocenters. The first-order valence-corrected chi connectivity index (χ1v) is 6.47. The Balaban J connectivity index is 2.00. The average molecular weight is 278 g/mol. The van der Waals surface area contributed by atoms with Crippen molar-refractivity contribution < 1.29 is 9.18 Å². The molecule has 0 aromatic carbocycles. The number of rotatable bonds is 3. The van der Waals surface area contributed by atoms with E-state index in [4.69, 9.17) is 5.73 Å². The number of alkyl halides is 1. The van der Waals surface area contributed by atoms with Gasteiger partial charge in [0.2, 0.25) is 11.3 Å². The smallest absolute Gasteiger partial charge is 0.257 e. The van der Waals surface area contributed by atoms with Gasteiger partial charge in [-0.1, -0.05) is 6.92 Å². The van der Waals surface area contributed by atoms with Gasteiger partial charge in [0.15, 0.2) is 5.82 Å². The summed E-state index contributed by atoms with van der Waals surface area (Å²) >= 11 is 0. The van der Waals surface area contributed by atoms with Crippen LogP contribution in [0.25, 0.3) is 5.65 Å². The molecule has 2 aromatic heterocycles. The number of nitrogens with zero attached hydrogens (tertiary/aromatic N) is 5. The van der Waals surface area contributed by atoms with Crippen LogP contribution in [0, 0.1) is 0 Å². The standard InChI is InChI=1S/C12H15FN6O/c1-2-8-16-17-10-9(15-4-6-19(8)10)18-5-3-12(13,7-18)11(14)20/h4,6H,2-3,5,7H2,1H3,(H2,14,20). The summed E-state index contributed by atoms with van der Waals surface area (Å²) in [6, 6.07) is 0. The van der Waals surface area contributed by atoms with E-state index < -0.39 is 11.6 Å². The molecule has 1 aliphatic rings. The lowest BCUT2D eigenvalue weighted by Gasteiger charge is -2.19. The van der Waals surface area contributed by atoms with E-state index in [9.17, 15) is 9.18 Å². The number of nitrogens with two attached hydrogens (primary N) is 1. The predicted octanol–water partition coefficient (Wildman–Crippen LogP) is 0.0904. The van der Waals surface area contributed by atoms with Gasteiger partial charge in [0.05, 0.1) is 6.54 Å². The highest BCUT2D eigenvalue weighted by atomic mass is 19.1. The Hall–Kier alpha value is -2.25. The fourth-order valence-corrected chi connectivity index (χ4v) is 2.48. The number of anilines is 1. The van der Waals surface area contributed by atoms with E-state index in [1.54, 1.807) is 17.3 Å². The molecule has 2 N–H and O–H groups in total. The third-order valence-electron chi connectivity index (χ3n) is 3.66. The molecule has 3 rings (SSSR count). The number of primary amides is 1. The largest absolute Gasteiger partial charge is 0.367 e. The summed E-state index contributed by atoms with van der Waals surface area (Å²) in [4.78, 5) is 17.1. The van der Waals surface area contributed by atoms with Crippen LogP contribution in [0.15, 0.2) is 12.4 Å². The van der Waals surface area contributed by atoms with Crippen LogP contribution in [0.5, 0.6) is 0 Å². The molecule has 1 amide bonds. The van der Waals surface area contributed by atoms with Crippen molar-refractivity contribution in [2.75, 3.05) is 18.0 Å². The van der Waals surface area contributed by atoms with Crippen molar-refractivity contribution >= 4 is 17.4 Å². The Morgan fingerprint density at radius 2 is 2.35 bits per heavy atom. The Morgan fingerprint density at radius 3 is 3.00 bits per heavy atom. The molecule has 1 unspecified atom stereocenters. The SMILES string of the molecule is CCc1nnc2c(N3CCC(F)(C(N)=O)C3)nccn12. The lowest BCUT2D eigenvalue weighted by molar-refractivity contribution is -0.128. The summed E-state index contributed by atoms with van der Waals surface area (Å²) in [5.74, 6) is 0.410. The van der Waals surface area contributed by atoms with Crippen LogP contribution < -0.4 is 10.6 Å². The molecule has 1 saturated heterocycles. The van der Waals surface area contributed by atoms with Crippen LogP contribution in [0.3, 0.4) is 0 Å². The van der Waals surface area contributed by atoms with Crippen molar-refractivity contribution in [2.45, 2.75) is 25.4 Å². The Labute approximate surface area is 114 Å². The number of aryl methyl sites for hydroxylation is 1. The number of hydrogen-bond acceptors (Lipinski definition) is 5. The van der Waals surface area contributed by atoms with E-state index in [1.165, 1.54) is 0 Å². The summed E-state index contributed by atoms with van der Waals surface area (Å²) in [5, 5.41) is 8.18. The van der Waals surface area contributed by atoms with E-state index in [0.29, 0.717) is 18.0 Å². The highest BCUT2D eigenvalue weighted by molar-refractivity contribution is 5.85. The van der Waals surface area contributed by atoms with Crippen molar-refractivity contribution in [1.29, 1.82) is 0 Å². The maximum Gasteiger partial charge on any atom is 0.257 e. The monoisotopic (exact) mass is 278 g/mol. The second-order valence-corrected chi connectivity index (χ2v) is 4.92. The van der Waals surface area contributed by atoms with Crippen molar-refractivity contribution in [1.82, 2.24) is 19.6 Å². The van der Waals surface area contributed by atoms with Crippen LogP contribution in [0.1, 0.15) is 19.2 Å². The average Bonchev–Trinajstić information content (AvgIpc) is 3.02. The minimum Gasteiger partial charge on any atom is -0.367 e. The molecule has 20 heavy (non-hydrogen) atoms. The first kappa shape index (κ1) is 12.8.